The van der Waals surface area contributed by atoms with E-state index in [4.69, 9.17) is 22.1 Å². The normalized spacial score (nSPS) is 22.3. The fraction of sp³-hybridized carbons (Fsp3) is 0.300. The van der Waals surface area contributed by atoms with Crippen LogP contribution in [0.5, 0.6) is 0 Å². The first-order chi connectivity index (χ1) is 18.9. The van der Waals surface area contributed by atoms with Gasteiger partial charge in [-0.2, -0.15) is 5.10 Å². The van der Waals surface area contributed by atoms with Crippen LogP contribution in [0.25, 0.3) is 33.1 Å². The van der Waals surface area contributed by atoms with E-state index >= 15 is 0 Å². The minimum atomic E-state index is -0.235. The van der Waals surface area contributed by atoms with Crippen LogP contribution in [-0.2, 0) is 12.6 Å². The lowest BCUT2D eigenvalue weighted by atomic mass is 9.61. The number of aromatic nitrogens is 6. The average molecular weight is 517 g/mol. The van der Waals surface area contributed by atoms with Crippen molar-refractivity contribution in [2.75, 3.05) is 5.73 Å². The summed E-state index contributed by atoms with van der Waals surface area (Å²) >= 11 is 0. The second-order valence-corrected chi connectivity index (χ2v) is 10.9. The van der Waals surface area contributed by atoms with E-state index in [0.29, 0.717) is 11.5 Å². The zero-order chi connectivity index (χ0) is 26.8. The topological polar surface area (TPSA) is 117 Å². The molecule has 3 N–H and O–H groups in total. The van der Waals surface area contributed by atoms with Crippen molar-refractivity contribution in [1.29, 1.82) is 0 Å². The van der Waals surface area contributed by atoms with E-state index in [9.17, 15) is 4.79 Å². The van der Waals surface area contributed by atoms with Crippen molar-refractivity contribution >= 4 is 33.7 Å². The maximum Gasteiger partial charge on any atom is 0.269 e. The van der Waals surface area contributed by atoms with Crippen molar-refractivity contribution in [3.8, 4) is 23.5 Å². The smallest absolute Gasteiger partial charge is 0.269 e. The zero-order valence-electron chi connectivity index (χ0n) is 21.7. The molecule has 0 radical (unpaired) electrons. The number of aryl methyl sites for hydroxylation is 1. The van der Waals surface area contributed by atoms with Crippen molar-refractivity contribution < 1.29 is 4.79 Å². The van der Waals surface area contributed by atoms with Crippen LogP contribution in [-0.4, -0.2) is 40.7 Å². The van der Waals surface area contributed by atoms with Crippen LogP contribution < -0.4 is 11.1 Å². The standard InChI is InChI=1S/C30H28N8O/c1-3-22-24(20-16-19-6-4-5-7-21(19)32-17-20)25-26(31)33-18-34-27(25)38(22)30-12-9-29(10-13-30,11-14-30)36-28(39)23-8-15-35-37(23)2/h1,4-8,15-18H,9-14H2,2H3,(H,36,39)(H2,31,33,34). The lowest BCUT2D eigenvalue weighted by Crippen LogP contribution is -2.59. The van der Waals surface area contributed by atoms with Crippen LogP contribution >= 0.6 is 0 Å². The first kappa shape index (κ1) is 23.4. The van der Waals surface area contributed by atoms with Gasteiger partial charge in [-0.1, -0.05) is 24.1 Å². The van der Waals surface area contributed by atoms with E-state index in [-0.39, 0.29) is 17.0 Å². The van der Waals surface area contributed by atoms with Gasteiger partial charge in [0.15, 0.2) is 0 Å². The van der Waals surface area contributed by atoms with Gasteiger partial charge in [0.05, 0.1) is 10.9 Å². The quantitative estimate of drug-likeness (QED) is 0.346. The monoisotopic (exact) mass is 516 g/mol. The molecule has 0 spiro atoms. The lowest BCUT2D eigenvalue weighted by Gasteiger charge is -2.54. The predicted molar refractivity (Wildman–Crippen MR) is 150 cm³/mol. The maximum absolute atomic E-state index is 13.1. The van der Waals surface area contributed by atoms with E-state index in [1.54, 1.807) is 24.0 Å². The Labute approximate surface area is 225 Å². The molecule has 2 bridgehead atoms. The number of nitrogens with two attached hydrogens (primary N) is 1. The number of carbonyl (C=O) groups is 1. The summed E-state index contributed by atoms with van der Waals surface area (Å²) in [6, 6.07) is 11.9. The van der Waals surface area contributed by atoms with E-state index in [1.165, 1.54) is 6.33 Å². The van der Waals surface area contributed by atoms with Gasteiger partial charge in [0.1, 0.15) is 29.2 Å². The molecule has 4 heterocycles. The second kappa shape index (κ2) is 8.40. The Bertz CT molecular complexity index is 1800. The molecule has 8 rings (SSSR count). The van der Waals surface area contributed by atoms with Gasteiger partial charge in [0.25, 0.3) is 5.91 Å². The molecule has 0 atom stereocenters. The third kappa shape index (κ3) is 3.44. The summed E-state index contributed by atoms with van der Waals surface area (Å²) in [7, 11) is 1.79. The van der Waals surface area contributed by atoms with Crippen molar-refractivity contribution in [3.05, 3.63) is 66.5 Å². The molecule has 0 aliphatic heterocycles. The largest absolute Gasteiger partial charge is 0.383 e. The molecule has 9 nitrogen and oxygen atoms in total. The fourth-order valence-electron chi connectivity index (χ4n) is 6.81. The van der Waals surface area contributed by atoms with Crippen molar-refractivity contribution in [3.63, 3.8) is 0 Å². The lowest BCUT2D eigenvalue weighted by molar-refractivity contribution is 0.0312. The second-order valence-electron chi connectivity index (χ2n) is 10.9. The van der Waals surface area contributed by atoms with Crippen molar-refractivity contribution in [1.82, 2.24) is 34.6 Å². The first-order valence-corrected chi connectivity index (χ1v) is 13.2. The van der Waals surface area contributed by atoms with Crippen LogP contribution in [0.3, 0.4) is 0 Å². The molecule has 4 aromatic heterocycles. The van der Waals surface area contributed by atoms with Gasteiger partial charge in [-0.15, -0.1) is 6.42 Å². The molecular weight excluding hydrogens is 488 g/mol. The number of hydrogen-bond acceptors (Lipinski definition) is 6. The highest BCUT2D eigenvalue weighted by molar-refractivity contribution is 6.04. The third-order valence-electron chi connectivity index (χ3n) is 8.91. The summed E-state index contributed by atoms with van der Waals surface area (Å²) in [6.45, 7) is 0. The Kier molecular flexibility index (Phi) is 5.04. The summed E-state index contributed by atoms with van der Waals surface area (Å²) in [5.41, 5.74) is 10.8. The fourth-order valence-corrected chi connectivity index (χ4v) is 6.81. The number of anilines is 1. The number of rotatable bonds is 4. The van der Waals surface area contributed by atoms with Crippen LogP contribution in [0.4, 0.5) is 5.82 Å². The highest BCUT2D eigenvalue weighted by Crippen LogP contribution is 2.54. The number of nitrogens with zero attached hydrogens (tertiary/aromatic N) is 6. The Hall–Kier alpha value is -4.71. The van der Waals surface area contributed by atoms with Gasteiger partial charge < -0.3 is 15.6 Å². The Morgan fingerprint density at radius 2 is 1.85 bits per heavy atom. The molecule has 39 heavy (non-hydrogen) atoms. The maximum atomic E-state index is 13.1. The number of amides is 1. The first-order valence-electron chi connectivity index (χ1n) is 13.2. The number of nitrogens with one attached hydrogen (secondary N) is 1. The van der Waals surface area contributed by atoms with Crippen LogP contribution in [0.15, 0.2) is 55.1 Å². The van der Waals surface area contributed by atoms with E-state index < -0.39 is 0 Å². The summed E-state index contributed by atoms with van der Waals surface area (Å²) in [6.07, 6.45) is 16.5. The number of nitrogen functional groups attached to an aromatic ring is 1. The number of terminal acetylenes is 1. The molecule has 3 saturated carbocycles. The van der Waals surface area contributed by atoms with Crippen LogP contribution in [0.1, 0.15) is 54.7 Å². The Balaban J connectivity index is 1.32. The SMILES string of the molecule is C#Cc1c(-c2cnc3ccccc3c2)c2c(N)ncnc2n1C12CCC(NC(=O)c3ccnn3C)(CC1)CC2. The average Bonchev–Trinajstić information content (AvgIpc) is 3.55. The molecule has 5 aromatic rings. The molecule has 1 aromatic carbocycles. The Morgan fingerprint density at radius 3 is 2.56 bits per heavy atom. The highest BCUT2D eigenvalue weighted by Gasteiger charge is 2.52. The van der Waals surface area contributed by atoms with Gasteiger partial charge in [0.2, 0.25) is 0 Å². The van der Waals surface area contributed by atoms with E-state index in [2.05, 4.69) is 32.0 Å². The van der Waals surface area contributed by atoms with Crippen LogP contribution in [0.2, 0.25) is 0 Å². The molecule has 3 aliphatic rings. The molecule has 3 aliphatic carbocycles. The van der Waals surface area contributed by atoms with Gasteiger partial charge in [0, 0.05) is 47.0 Å². The molecule has 194 valence electrons. The number of fused-ring (bicyclic) bond motifs is 5. The number of carbonyl (C=O) groups excluding carboxylic acids is 1. The van der Waals surface area contributed by atoms with Crippen molar-refractivity contribution in [2.45, 2.75) is 49.6 Å². The molecule has 0 unspecified atom stereocenters. The number of para-hydroxylation sites is 1. The molecule has 9 heteroatoms. The van der Waals surface area contributed by atoms with Gasteiger partial charge in [-0.05, 0) is 56.7 Å². The summed E-state index contributed by atoms with van der Waals surface area (Å²) in [5, 5.41) is 9.29. The highest BCUT2D eigenvalue weighted by atomic mass is 16.2. The van der Waals surface area contributed by atoms with E-state index in [0.717, 1.165) is 77.3 Å². The van der Waals surface area contributed by atoms with Crippen LogP contribution in [0, 0.1) is 12.3 Å². The van der Waals surface area contributed by atoms with Crippen molar-refractivity contribution in [2.24, 2.45) is 7.05 Å². The molecular formula is C30H28N8O. The predicted octanol–water partition coefficient (Wildman–Crippen LogP) is 4.18. The summed E-state index contributed by atoms with van der Waals surface area (Å²) < 4.78 is 3.86. The Morgan fingerprint density at radius 1 is 1.08 bits per heavy atom. The molecule has 1 amide bonds. The minimum absolute atomic E-state index is 0.0771. The third-order valence-corrected chi connectivity index (χ3v) is 8.91. The number of benzene rings is 1. The minimum Gasteiger partial charge on any atom is -0.383 e. The zero-order valence-corrected chi connectivity index (χ0v) is 21.7. The van der Waals surface area contributed by atoms with E-state index in [1.807, 2.05) is 30.5 Å². The molecule has 3 fully saturated rings. The van der Waals surface area contributed by atoms with Gasteiger partial charge in [-0.3, -0.25) is 14.5 Å². The van der Waals surface area contributed by atoms with Gasteiger partial charge >= 0.3 is 0 Å². The molecule has 0 saturated heterocycles. The van der Waals surface area contributed by atoms with Gasteiger partial charge in [-0.25, -0.2) is 9.97 Å². The summed E-state index contributed by atoms with van der Waals surface area (Å²) in [5.74, 6) is 3.32. The number of hydrogen-bond donors (Lipinski definition) is 2. The summed E-state index contributed by atoms with van der Waals surface area (Å²) in [4.78, 5) is 26.8. The number of pyridine rings is 1.